The molecule has 2 rings (SSSR count). The van der Waals surface area contributed by atoms with Gasteiger partial charge in [0.25, 0.3) is 0 Å². The summed E-state index contributed by atoms with van der Waals surface area (Å²) < 4.78 is 13.2. The number of rotatable bonds is 4. The predicted octanol–water partition coefficient (Wildman–Crippen LogP) is 0.688. The van der Waals surface area contributed by atoms with E-state index in [1.54, 1.807) is 13.0 Å². The zero-order valence-corrected chi connectivity index (χ0v) is 11.4. The Balaban J connectivity index is 2.07. The molecule has 2 amide bonds. The lowest BCUT2D eigenvalue weighted by molar-refractivity contribution is -0.138. The van der Waals surface area contributed by atoms with Gasteiger partial charge in [-0.3, -0.25) is 14.4 Å². The van der Waals surface area contributed by atoms with Gasteiger partial charge in [-0.1, -0.05) is 0 Å². The summed E-state index contributed by atoms with van der Waals surface area (Å²) in [5, 5.41) is 10.8. The van der Waals surface area contributed by atoms with Gasteiger partial charge in [-0.05, 0) is 30.7 Å². The molecule has 0 bridgehead atoms. The lowest BCUT2D eigenvalue weighted by Crippen LogP contribution is -2.36. The number of aryl methyl sites for hydroxylation is 1. The van der Waals surface area contributed by atoms with E-state index in [9.17, 15) is 18.8 Å². The molecule has 21 heavy (non-hydrogen) atoms. The molecule has 1 atom stereocenters. The van der Waals surface area contributed by atoms with E-state index in [1.165, 1.54) is 17.0 Å². The molecule has 1 unspecified atom stereocenters. The van der Waals surface area contributed by atoms with Crippen molar-refractivity contribution in [3.8, 4) is 0 Å². The molecule has 7 heteroatoms. The van der Waals surface area contributed by atoms with Crippen LogP contribution < -0.4 is 10.2 Å². The van der Waals surface area contributed by atoms with E-state index in [4.69, 9.17) is 5.11 Å². The standard InChI is InChI=1S/C14H15FN2O4/c1-8-4-10(2-3-11(8)15)17-7-9(5-12(17)18)14(21)16-6-13(19)20/h2-4,9H,5-7H2,1H3,(H,16,21)(H,19,20). The lowest BCUT2D eigenvalue weighted by atomic mass is 10.1. The highest BCUT2D eigenvalue weighted by molar-refractivity contribution is 6.00. The number of halogens is 1. The molecule has 1 aliphatic heterocycles. The van der Waals surface area contributed by atoms with Gasteiger partial charge >= 0.3 is 5.97 Å². The number of carboxylic acids is 1. The normalized spacial score (nSPS) is 17.9. The Labute approximate surface area is 120 Å². The molecule has 1 aromatic carbocycles. The molecule has 0 radical (unpaired) electrons. The van der Waals surface area contributed by atoms with E-state index in [0.717, 1.165) is 0 Å². The zero-order chi connectivity index (χ0) is 15.6. The molecule has 1 fully saturated rings. The summed E-state index contributed by atoms with van der Waals surface area (Å²) in [6.07, 6.45) is 0.0158. The van der Waals surface area contributed by atoms with Crippen molar-refractivity contribution in [1.82, 2.24) is 5.32 Å². The summed E-state index contributed by atoms with van der Waals surface area (Å²) in [5.74, 6) is -2.80. The lowest BCUT2D eigenvalue weighted by Gasteiger charge is -2.17. The summed E-state index contributed by atoms with van der Waals surface area (Å²) in [4.78, 5) is 35.6. The van der Waals surface area contributed by atoms with Crippen LogP contribution in [0.1, 0.15) is 12.0 Å². The number of amides is 2. The van der Waals surface area contributed by atoms with Crippen molar-refractivity contribution >= 4 is 23.5 Å². The van der Waals surface area contributed by atoms with Crippen molar-refractivity contribution in [1.29, 1.82) is 0 Å². The highest BCUT2D eigenvalue weighted by atomic mass is 19.1. The Morgan fingerprint density at radius 1 is 1.48 bits per heavy atom. The smallest absolute Gasteiger partial charge is 0.322 e. The topological polar surface area (TPSA) is 86.7 Å². The van der Waals surface area contributed by atoms with Gasteiger partial charge in [0.05, 0.1) is 5.92 Å². The second-order valence-electron chi connectivity index (χ2n) is 4.95. The van der Waals surface area contributed by atoms with Crippen LogP contribution in [-0.2, 0) is 14.4 Å². The summed E-state index contributed by atoms with van der Waals surface area (Å²) in [5.41, 5.74) is 0.950. The van der Waals surface area contributed by atoms with Crippen LogP contribution >= 0.6 is 0 Å². The summed E-state index contributed by atoms with van der Waals surface area (Å²) in [7, 11) is 0. The van der Waals surface area contributed by atoms with Crippen LogP contribution in [0.25, 0.3) is 0 Å². The van der Waals surface area contributed by atoms with Crippen LogP contribution in [-0.4, -0.2) is 36.0 Å². The van der Waals surface area contributed by atoms with Gasteiger partial charge in [0.2, 0.25) is 11.8 Å². The van der Waals surface area contributed by atoms with Gasteiger partial charge in [0.1, 0.15) is 12.4 Å². The van der Waals surface area contributed by atoms with Crippen molar-refractivity contribution in [3.63, 3.8) is 0 Å². The van der Waals surface area contributed by atoms with E-state index in [-0.39, 0.29) is 24.7 Å². The number of benzene rings is 1. The first-order chi connectivity index (χ1) is 9.88. The number of nitrogens with one attached hydrogen (secondary N) is 1. The number of anilines is 1. The maximum Gasteiger partial charge on any atom is 0.322 e. The molecule has 2 N–H and O–H groups in total. The maximum atomic E-state index is 13.2. The van der Waals surface area contributed by atoms with Gasteiger partial charge in [0, 0.05) is 18.7 Å². The maximum absolute atomic E-state index is 13.2. The number of hydrogen-bond acceptors (Lipinski definition) is 3. The SMILES string of the molecule is Cc1cc(N2CC(C(=O)NCC(=O)O)CC2=O)ccc1F. The third kappa shape index (κ3) is 3.36. The number of aliphatic carboxylic acids is 1. The minimum Gasteiger partial charge on any atom is -0.480 e. The summed E-state index contributed by atoms with van der Waals surface area (Å²) in [6.45, 7) is 1.28. The van der Waals surface area contributed by atoms with E-state index in [0.29, 0.717) is 11.3 Å². The van der Waals surface area contributed by atoms with Crippen LogP contribution in [0.3, 0.4) is 0 Å². The largest absolute Gasteiger partial charge is 0.480 e. The first kappa shape index (κ1) is 15.0. The average molecular weight is 294 g/mol. The van der Waals surface area contributed by atoms with Gasteiger partial charge in [-0.2, -0.15) is 0 Å². The fourth-order valence-corrected chi connectivity index (χ4v) is 2.24. The van der Waals surface area contributed by atoms with E-state index in [1.807, 2.05) is 0 Å². The Bertz CT molecular complexity index is 603. The molecular formula is C14H15FN2O4. The molecule has 1 aliphatic rings. The van der Waals surface area contributed by atoms with Gasteiger partial charge in [-0.25, -0.2) is 4.39 Å². The van der Waals surface area contributed by atoms with Crippen molar-refractivity contribution in [3.05, 3.63) is 29.6 Å². The minimum atomic E-state index is -1.14. The molecule has 0 aliphatic carbocycles. The highest BCUT2D eigenvalue weighted by Crippen LogP contribution is 2.26. The Kier molecular flexibility index (Phi) is 4.21. The van der Waals surface area contributed by atoms with Crippen LogP contribution in [0.4, 0.5) is 10.1 Å². The monoisotopic (exact) mass is 294 g/mol. The van der Waals surface area contributed by atoms with E-state index < -0.39 is 24.3 Å². The highest BCUT2D eigenvalue weighted by Gasteiger charge is 2.35. The first-order valence-corrected chi connectivity index (χ1v) is 6.44. The fourth-order valence-electron chi connectivity index (χ4n) is 2.24. The number of carbonyl (C=O) groups excluding carboxylic acids is 2. The van der Waals surface area contributed by atoms with Crippen LogP contribution in [0, 0.1) is 18.7 Å². The molecule has 0 saturated carbocycles. The number of hydrogen-bond donors (Lipinski definition) is 2. The van der Waals surface area contributed by atoms with Crippen LogP contribution in [0.5, 0.6) is 0 Å². The second kappa shape index (κ2) is 5.90. The van der Waals surface area contributed by atoms with Crippen molar-refractivity contribution in [2.24, 2.45) is 5.92 Å². The Hall–Kier alpha value is -2.44. The molecule has 0 aromatic heterocycles. The third-order valence-electron chi connectivity index (χ3n) is 3.36. The molecule has 0 spiro atoms. The molecule has 112 valence electrons. The third-order valence-corrected chi connectivity index (χ3v) is 3.36. The van der Waals surface area contributed by atoms with Gasteiger partial charge in [0.15, 0.2) is 0 Å². The Morgan fingerprint density at radius 2 is 2.19 bits per heavy atom. The second-order valence-corrected chi connectivity index (χ2v) is 4.95. The molecule has 6 nitrogen and oxygen atoms in total. The molecule has 1 saturated heterocycles. The number of carbonyl (C=O) groups is 3. The van der Waals surface area contributed by atoms with Crippen LogP contribution in [0.15, 0.2) is 18.2 Å². The molecule has 1 heterocycles. The summed E-state index contributed by atoms with van der Waals surface area (Å²) in [6, 6.07) is 4.30. The number of nitrogens with zero attached hydrogens (tertiary/aromatic N) is 1. The molecule has 1 aromatic rings. The van der Waals surface area contributed by atoms with Crippen LogP contribution in [0.2, 0.25) is 0 Å². The van der Waals surface area contributed by atoms with Crippen molar-refractivity contribution < 1.29 is 23.9 Å². The first-order valence-electron chi connectivity index (χ1n) is 6.44. The Morgan fingerprint density at radius 3 is 2.81 bits per heavy atom. The fraction of sp³-hybridized carbons (Fsp3) is 0.357. The zero-order valence-electron chi connectivity index (χ0n) is 11.4. The van der Waals surface area contributed by atoms with Crippen molar-refractivity contribution in [2.45, 2.75) is 13.3 Å². The van der Waals surface area contributed by atoms with Crippen molar-refractivity contribution in [2.75, 3.05) is 18.0 Å². The average Bonchev–Trinajstić information content (AvgIpc) is 2.81. The predicted molar refractivity (Wildman–Crippen MR) is 72.2 cm³/mol. The van der Waals surface area contributed by atoms with Gasteiger partial charge in [-0.15, -0.1) is 0 Å². The van der Waals surface area contributed by atoms with Gasteiger partial charge < -0.3 is 15.3 Å². The van der Waals surface area contributed by atoms with E-state index in [2.05, 4.69) is 5.32 Å². The minimum absolute atomic E-state index is 0.0158. The van der Waals surface area contributed by atoms with E-state index >= 15 is 0 Å². The summed E-state index contributed by atoms with van der Waals surface area (Å²) >= 11 is 0. The number of carboxylic acid groups (broad SMARTS) is 1. The quantitative estimate of drug-likeness (QED) is 0.855. The molecular weight excluding hydrogens is 279 g/mol.